The van der Waals surface area contributed by atoms with Gasteiger partial charge in [0.2, 0.25) is 0 Å². The fourth-order valence-corrected chi connectivity index (χ4v) is 3.43. The molecule has 2 aromatic heterocycles. The minimum Gasteiger partial charge on any atom is -0.296 e. The molecule has 6 nitrogen and oxygen atoms in total. The summed E-state index contributed by atoms with van der Waals surface area (Å²) in [5.41, 5.74) is 2.31. The van der Waals surface area contributed by atoms with Crippen LogP contribution in [0, 0.1) is 6.92 Å². The van der Waals surface area contributed by atoms with E-state index in [0.717, 1.165) is 10.2 Å². The number of aryl methyl sites for hydroxylation is 1. The predicted molar refractivity (Wildman–Crippen MR) is 98.7 cm³/mol. The number of benzene rings is 2. The molecule has 0 fully saturated rings. The molecular formula is C17H12ClN5OS. The highest BCUT2D eigenvalue weighted by molar-refractivity contribution is 7.22. The highest BCUT2D eigenvalue weighted by Gasteiger charge is 2.18. The largest absolute Gasteiger partial charge is 0.296 e. The van der Waals surface area contributed by atoms with Crippen molar-refractivity contribution in [3.05, 3.63) is 64.9 Å². The standard InChI is InChI=1S/C17H12ClN5OS/c1-10-15(22-23(21-10)12-6-4-5-11(18)9-12)16(24)20-17-19-13-7-2-3-8-14(13)25-17/h2-9H,1H3,(H,19,20,24). The molecule has 0 aliphatic rings. The second kappa shape index (κ2) is 6.27. The Kier molecular flexibility index (Phi) is 3.95. The fraction of sp³-hybridized carbons (Fsp3) is 0.0588. The molecule has 0 aliphatic heterocycles. The Bertz CT molecular complexity index is 1050. The van der Waals surface area contributed by atoms with Gasteiger partial charge in [0.25, 0.3) is 5.91 Å². The van der Waals surface area contributed by atoms with Crippen LogP contribution >= 0.6 is 22.9 Å². The number of carbonyl (C=O) groups is 1. The first-order valence-corrected chi connectivity index (χ1v) is 8.66. The lowest BCUT2D eigenvalue weighted by molar-refractivity contribution is 0.102. The summed E-state index contributed by atoms with van der Waals surface area (Å²) in [7, 11) is 0. The summed E-state index contributed by atoms with van der Waals surface area (Å²) >= 11 is 7.41. The number of hydrogen-bond donors (Lipinski definition) is 1. The Morgan fingerprint density at radius 3 is 2.80 bits per heavy atom. The minimum atomic E-state index is -0.343. The van der Waals surface area contributed by atoms with Crippen LogP contribution in [0.3, 0.4) is 0 Å². The zero-order valence-electron chi connectivity index (χ0n) is 13.1. The van der Waals surface area contributed by atoms with E-state index >= 15 is 0 Å². The zero-order valence-corrected chi connectivity index (χ0v) is 14.7. The lowest BCUT2D eigenvalue weighted by atomic mass is 10.3. The van der Waals surface area contributed by atoms with Gasteiger partial charge in [-0.05, 0) is 37.3 Å². The monoisotopic (exact) mass is 369 g/mol. The quantitative estimate of drug-likeness (QED) is 0.590. The Labute approximate surface area is 152 Å². The van der Waals surface area contributed by atoms with Crippen LogP contribution in [0.2, 0.25) is 5.02 Å². The van der Waals surface area contributed by atoms with Crippen LogP contribution in [0.15, 0.2) is 48.5 Å². The molecule has 2 aromatic carbocycles. The van der Waals surface area contributed by atoms with Crippen LogP contribution in [0.25, 0.3) is 15.9 Å². The molecule has 1 amide bonds. The summed E-state index contributed by atoms with van der Waals surface area (Å²) in [6.07, 6.45) is 0. The molecule has 0 saturated heterocycles. The number of para-hydroxylation sites is 1. The fourth-order valence-electron chi connectivity index (χ4n) is 2.39. The predicted octanol–water partition coefficient (Wildman–Crippen LogP) is 4.09. The molecule has 124 valence electrons. The number of amides is 1. The molecule has 4 rings (SSSR count). The number of rotatable bonds is 3. The number of hydrogen-bond acceptors (Lipinski definition) is 5. The molecule has 1 N–H and O–H groups in total. The molecule has 8 heteroatoms. The van der Waals surface area contributed by atoms with Gasteiger partial charge in [0.05, 0.1) is 21.6 Å². The van der Waals surface area contributed by atoms with Gasteiger partial charge in [-0.15, -0.1) is 5.10 Å². The molecule has 2 heterocycles. The summed E-state index contributed by atoms with van der Waals surface area (Å²) in [6, 6.07) is 14.8. The zero-order chi connectivity index (χ0) is 17.4. The van der Waals surface area contributed by atoms with Gasteiger partial charge >= 0.3 is 0 Å². The number of thiazole rings is 1. The maximum atomic E-state index is 12.5. The number of nitrogens with zero attached hydrogens (tertiary/aromatic N) is 4. The number of anilines is 1. The molecule has 25 heavy (non-hydrogen) atoms. The second-order valence-corrected chi connectivity index (χ2v) is 6.81. The van der Waals surface area contributed by atoms with E-state index in [2.05, 4.69) is 20.5 Å². The van der Waals surface area contributed by atoms with Crippen LogP contribution in [0.1, 0.15) is 16.2 Å². The lowest BCUT2D eigenvalue weighted by Crippen LogP contribution is -2.14. The lowest BCUT2D eigenvalue weighted by Gasteiger charge is -1.99. The maximum absolute atomic E-state index is 12.5. The second-order valence-electron chi connectivity index (χ2n) is 5.34. The highest BCUT2D eigenvalue weighted by Crippen LogP contribution is 2.25. The first kappa shape index (κ1) is 15.7. The molecule has 0 bridgehead atoms. The van der Waals surface area contributed by atoms with Crippen LogP contribution in [0.5, 0.6) is 0 Å². The third kappa shape index (κ3) is 3.11. The van der Waals surface area contributed by atoms with Crippen molar-refractivity contribution >= 4 is 44.2 Å². The van der Waals surface area contributed by atoms with Crippen molar-refractivity contribution < 1.29 is 4.79 Å². The molecule has 0 atom stereocenters. The van der Waals surface area contributed by atoms with E-state index in [1.165, 1.54) is 16.1 Å². The SMILES string of the molecule is Cc1nn(-c2cccc(Cl)c2)nc1C(=O)Nc1nc2ccccc2s1. The van der Waals surface area contributed by atoms with Gasteiger partial charge in [-0.3, -0.25) is 10.1 Å². The topological polar surface area (TPSA) is 72.7 Å². The molecule has 0 saturated carbocycles. The number of nitrogens with one attached hydrogen (secondary N) is 1. The Morgan fingerprint density at radius 1 is 1.16 bits per heavy atom. The van der Waals surface area contributed by atoms with Crippen molar-refractivity contribution in [2.75, 3.05) is 5.32 Å². The molecule has 0 unspecified atom stereocenters. The highest BCUT2D eigenvalue weighted by atomic mass is 35.5. The van der Waals surface area contributed by atoms with Gasteiger partial charge in [-0.1, -0.05) is 41.1 Å². The van der Waals surface area contributed by atoms with Gasteiger partial charge in [-0.25, -0.2) is 4.98 Å². The summed E-state index contributed by atoms with van der Waals surface area (Å²) in [5.74, 6) is -0.343. The minimum absolute atomic E-state index is 0.249. The first-order valence-electron chi connectivity index (χ1n) is 7.47. The third-order valence-electron chi connectivity index (χ3n) is 3.55. The van der Waals surface area contributed by atoms with Crippen LogP contribution in [-0.2, 0) is 0 Å². The maximum Gasteiger partial charge on any atom is 0.279 e. The molecule has 0 spiro atoms. The van der Waals surface area contributed by atoms with E-state index in [-0.39, 0.29) is 11.6 Å². The van der Waals surface area contributed by atoms with Gasteiger partial charge in [0.1, 0.15) is 0 Å². The van der Waals surface area contributed by atoms with Gasteiger partial charge < -0.3 is 0 Å². The van der Waals surface area contributed by atoms with Crippen LogP contribution < -0.4 is 5.32 Å². The smallest absolute Gasteiger partial charge is 0.279 e. The molecule has 0 radical (unpaired) electrons. The Balaban J connectivity index is 1.62. The van der Waals surface area contributed by atoms with E-state index in [1.54, 1.807) is 25.1 Å². The van der Waals surface area contributed by atoms with Gasteiger partial charge in [0.15, 0.2) is 10.8 Å². The number of carbonyl (C=O) groups excluding carboxylic acids is 1. The van der Waals surface area contributed by atoms with Crippen molar-refractivity contribution in [3.8, 4) is 5.69 Å². The summed E-state index contributed by atoms with van der Waals surface area (Å²) in [6.45, 7) is 1.74. The van der Waals surface area contributed by atoms with Crippen molar-refractivity contribution in [1.29, 1.82) is 0 Å². The Morgan fingerprint density at radius 2 is 2.00 bits per heavy atom. The van der Waals surface area contributed by atoms with Crippen molar-refractivity contribution in [1.82, 2.24) is 20.0 Å². The summed E-state index contributed by atoms with van der Waals surface area (Å²) < 4.78 is 1.01. The Hall–Kier alpha value is -2.77. The van der Waals surface area contributed by atoms with Crippen molar-refractivity contribution in [3.63, 3.8) is 0 Å². The van der Waals surface area contributed by atoms with E-state index in [0.29, 0.717) is 21.5 Å². The van der Waals surface area contributed by atoms with Gasteiger partial charge in [-0.2, -0.15) is 9.90 Å². The molecule has 0 aliphatic carbocycles. The summed E-state index contributed by atoms with van der Waals surface area (Å²) in [4.78, 5) is 18.3. The van der Waals surface area contributed by atoms with Crippen LogP contribution in [0.4, 0.5) is 5.13 Å². The van der Waals surface area contributed by atoms with Crippen LogP contribution in [-0.4, -0.2) is 25.9 Å². The summed E-state index contributed by atoms with van der Waals surface area (Å²) in [5, 5.41) is 12.5. The van der Waals surface area contributed by atoms with E-state index < -0.39 is 0 Å². The first-order chi connectivity index (χ1) is 12.1. The van der Waals surface area contributed by atoms with Gasteiger partial charge in [0, 0.05) is 5.02 Å². The van der Waals surface area contributed by atoms with Crippen molar-refractivity contribution in [2.24, 2.45) is 0 Å². The normalized spacial score (nSPS) is 11.0. The average Bonchev–Trinajstić information content (AvgIpc) is 3.17. The number of aromatic nitrogens is 4. The molecule has 4 aromatic rings. The van der Waals surface area contributed by atoms with E-state index in [4.69, 9.17) is 11.6 Å². The number of fused-ring (bicyclic) bond motifs is 1. The third-order valence-corrected chi connectivity index (χ3v) is 4.74. The number of halogens is 1. The molecular weight excluding hydrogens is 358 g/mol. The van der Waals surface area contributed by atoms with E-state index in [1.807, 2.05) is 30.3 Å². The average molecular weight is 370 g/mol. The van der Waals surface area contributed by atoms with Crippen molar-refractivity contribution in [2.45, 2.75) is 6.92 Å². The van der Waals surface area contributed by atoms with E-state index in [9.17, 15) is 4.79 Å².